The Morgan fingerprint density at radius 1 is 0.656 bits per heavy atom. The molecule has 7 rings (SSSR count). The topological polar surface area (TPSA) is 55.4 Å². The van der Waals surface area contributed by atoms with Crippen LogP contribution < -0.4 is 9.47 Å². The standard InChI is InChI=1S/C55H72O6/c1-5-13-42-19-23-46(24-20-42)47-25-21-45(22-26-47)37-58-51-29-27-48(28-30-51)52-33-50(31-32-56-35-43-15-9-7-10-16-43)53(34-49(52)14-6-2)59-39-55(40-60-54(3,4)61-41-55)38-57-36-44-17-11-8-12-18-44/h5,7-13,15-18,27-30,33-34,42,45-47H,6,14,19-26,31-32,35-41H2,1-4H3/b13-5+. The molecule has 0 radical (unpaired) electrons. The summed E-state index contributed by atoms with van der Waals surface area (Å²) >= 11 is 0. The Morgan fingerprint density at radius 3 is 1.90 bits per heavy atom. The van der Waals surface area contributed by atoms with E-state index in [0.717, 1.165) is 66.2 Å². The van der Waals surface area contributed by atoms with E-state index < -0.39 is 11.2 Å². The molecule has 0 amide bonds. The minimum absolute atomic E-state index is 0.409. The van der Waals surface area contributed by atoms with Gasteiger partial charge in [0.15, 0.2) is 5.79 Å². The van der Waals surface area contributed by atoms with Gasteiger partial charge in [-0.1, -0.05) is 98.3 Å². The van der Waals surface area contributed by atoms with E-state index in [0.29, 0.717) is 52.2 Å². The summed E-state index contributed by atoms with van der Waals surface area (Å²) < 4.78 is 38.4. The molecule has 3 fully saturated rings. The van der Waals surface area contributed by atoms with Crippen molar-refractivity contribution in [2.75, 3.05) is 39.6 Å². The lowest BCUT2D eigenvalue weighted by Crippen LogP contribution is -2.51. The maximum absolute atomic E-state index is 6.89. The molecule has 0 spiro atoms. The molecule has 4 aromatic carbocycles. The van der Waals surface area contributed by atoms with Crippen molar-refractivity contribution in [3.05, 3.63) is 131 Å². The molecule has 0 aromatic heterocycles. The Kier molecular flexibility index (Phi) is 16.6. The Bertz CT molecular complexity index is 1900. The van der Waals surface area contributed by atoms with Crippen LogP contribution in [-0.4, -0.2) is 45.4 Å². The zero-order valence-electron chi connectivity index (χ0n) is 37.6. The van der Waals surface area contributed by atoms with Gasteiger partial charge in [-0.25, -0.2) is 0 Å². The fourth-order valence-corrected chi connectivity index (χ4v) is 9.68. The zero-order valence-corrected chi connectivity index (χ0v) is 37.6. The highest BCUT2D eigenvalue weighted by atomic mass is 16.7. The average molecular weight is 829 g/mol. The van der Waals surface area contributed by atoms with E-state index in [1.807, 2.05) is 38.1 Å². The van der Waals surface area contributed by atoms with Crippen molar-refractivity contribution in [3.8, 4) is 22.6 Å². The molecule has 61 heavy (non-hydrogen) atoms. The van der Waals surface area contributed by atoms with Crippen molar-refractivity contribution in [1.82, 2.24) is 0 Å². The van der Waals surface area contributed by atoms with Crippen LogP contribution in [0.5, 0.6) is 11.5 Å². The van der Waals surface area contributed by atoms with E-state index in [9.17, 15) is 0 Å². The average Bonchev–Trinajstić information content (AvgIpc) is 3.29. The van der Waals surface area contributed by atoms with Gasteiger partial charge in [-0.05, 0) is 166 Å². The van der Waals surface area contributed by atoms with Crippen LogP contribution in [0.2, 0.25) is 0 Å². The van der Waals surface area contributed by atoms with Crippen molar-refractivity contribution < 1.29 is 28.4 Å². The number of rotatable bonds is 20. The second kappa shape index (κ2) is 22.4. The molecule has 2 aliphatic carbocycles. The quantitative estimate of drug-likeness (QED) is 0.0653. The molecular weight excluding hydrogens is 757 g/mol. The fraction of sp³-hybridized carbons (Fsp3) is 0.527. The predicted octanol–water partition coefficient (Wildman–Crippen LogP) is 13.0. The van der Waals surface area contributed by atoms with Gasteiger partial charge in [-0.3, -0.25) is 0 Å². The first kappa shape index (κ1) is 45.1. The fourth-order valence-electron chi connectivity index (χ4n) is 9.68. The molecule has 6 nitrogen and oxygen atoms in total. The third-order valence-corrected chi connectivity index (χ3v) is 13.4. The molecule has 6 heteroatoms. The monoisotopic (exact) mass is 829 g/mol. The molecule has 0 bridgehead atoms. The van der Waals surface area contributed by atoms with Crippen molar-refractivity contribution in [1.29, 1.82) is 0 Å². The van der Waals surface area contributed by atoms with Crippen molar-refractivity contribution >= 4 is 0 Å². The van der Waals surface area contributed by atoms with E-state index in [1.165, 1.54) is 73.6 Å². The first-order valence-corrected chi connectivity index (χ1v) is 23.5. The minimum Gasteiger partial charge on any atom is -0.493 e. The molecule has 0 N–H and O–H groups in total. The smallest absolute Gasteiger partial charge is 0.162 e. The predicted molar refractivity (Wildman–Crippen MR) is 247 cm³/mol. The van der Waals surface area contributed by atoms with Gasteiger partial charge in [0.25, 0.3) is 0 Å². The summed E-state index contributed by atoms with van der Waals surface area (Å²) in [6, 6.07) is 34.1. The van der Waals surface area contributed by atoms with Crippen LogP contribution in [0.3, 0.4) is 0 Å². The number of allylic oxidation sites excluding steroid dienone is 2. The van der Waals surface area contributed by atoms with Crippen LogP contribution in [0.4, 0.5) is 0 Å². The second-order valence-electron chi connectivity index (χ2n) is 18.7. The van der Waals surface area contributed by atoms with E-state index in [2.05, 4.69) is 98.8 Å². The molecule has 328 valence electrons. The van der Waals surface area contributed by atoms with E-state index >= 15 is 0 Å². The molecule has 0 unspecified atom stereocenters. The normalized spacial score (nSPS) is 22.6. The van der Waals surface area contributed by atoms with E-state index in [1.54, 1.807) is 0 Å². The lowest BCUT2D eigenvalue weighted by atomic mass is 9.69. The van der Waals surface area contributed by atoms with Crippen LogP contribution in [0, 0.1) is 29.1 Å². The van der Waals surface area contributed by atoms with Gasteiger partial charge in [0, 0.05) is 0 Å². The first-order chi connectivity index (χ1) is 29.8. The minimum atomic E-state index is -0.648. The van der Waals surface area contributed by atoms with Crippen molar-refractivity contribution in [2.24, 2.45) is 29.1 Å². The lowest BCUT2D eigenvalue weighted by molar-refractivity contribution is -0.296. The summed E-state index contributed by atoms with van der Waals surface area (Å²) in [7, 11) is 0. The second-order valence-corrected chi connectivity index (χ2v) is 18.7. The Labute approximate surface area is 367 Å². The first-order valence-electron chi connectivity index (χ1n) is 23.5. The van der Waals surface area contributed by atoms with Gasteiger partial charge in [-0.2, -0.15) is 0 Å². The highest BCUT2D eigenvalue weighted by Crippen LogP contribution is 2.42. The summed E-state index contributed by atoms with van der Waals surface area (Å²) in [5, 5.41) is 0. The Balaban J connectivity index is 1.02. The van der Waals surface area contributed by atoms with Crippen molar-refractivity contribution in [3.63, 3.8) is 0 Å². The number of hydrogen-bond donors (Lipinski definition) is 0. The summed E-state index contributed by atoms with van der Waals surface area (Å²) in [5.74, 6) is 4.52. The third-order valence-electron chi connectivity index (χ3n) is 13.4. The highest BCUT2D eigenvalue weighted by molar-refractivity contribution is 5.70. The van der Waals surface area contributed by atoms with E-state index in [4.69, 9.17) is 28.4 Å². The highest BCUT2D eigenvalue weighted by Gasteiger charge is 2.42. The summed E-state index contributed by atoms with van der Waals surface area (Å²) in [6.45, 7) is 12.7. The van der Waals surface area contributed by atoms with Gasteiger partial charge in [0.05, 0.1) is 51.7 Å². The number of benzene rings is 4. The molecule has 4 aromatic rings. The largest absolute Gasteiger partial charge is 0.493 e. The third kappa shape index (κ3) is 13.3. The van der Waals surface area contributed by atoms with Gasteiger partial charge in [0.2, 0.25) is 0 Å². The van der Waals surface area contributed by atoms with Gasteiger partial charge in [-0.15, -0.1) is 0 Å². The Hall–Kier alpha value is -3.94. The number of aryl methyl sites for hydroxylation is 1. The zero-order chi connectivity index (χ0) is 42.3. The van der Waals surface area contributed by atoms with Gasteiger partial charge >= 0.3 is 0 Å². The lowest BCUT2D eigenvalue weighted by Gasteiger charge is -2.43. The van der Waals surface area contributed by atoms with Crippen LogP contribution in [0.25, 0.3) is 11.1 Å². The molecule has 1 heterocycles. The molecule has 1 saturated heterocycles. The SMILES string of the molecule is C/C=C/C1CCC(C2CCC(COc3ccc(-c4cc(CCOCc5ccccc5)c(OCC5(COCc6ccccc6)COC(C)(C)OC5)cc4CCC)cc3)CC2)CC1. The maximum Gasteiger partial charge on any atom is 0.162 e. The molecule has 0 atom stereocenters. The van der Waals surface area contributed by atoms with Crippen LogP contribution in [0.15, 0.2) is 109 Å². The van der Waals surface area contributed by atoms with Gasteiger partial charge < -0.3 is 28.4 Å². The van der Waals surface area contributed by atoms with Crippen LogP contribution in [0.1, 0.15) is 108 Å². The molecule has 3 aliphatic rings. The van der Waals surface area contributed by atoms with Crippen LogP contribution >= 0.6 is 0 Å². The van der Waals surface area contributed by atoms with E-state index in [-0.39, 0.29) is 0 Å². The Morgan fingerprint density at radius 2 is 1.28 bits per heavy atom. The molecule has 2 saturated carbocycles. The van der Waals surface area contributed by atoms with Crippen LogP contribution in [-0.2, 0) is 45.0 Å². The molecule has 1 aliphatic heterocycles. The number of hydrogen-bond acceptors (Lipinski definition) is 6. The van der Waals surface area contributed by atoms with Gasteiger partial charge in [0.1, 0.15) is 18.1 Å². The van der Waals surface area contributed by atoms with Crippen molar-refractivity contribution in [2.45, 2.75) is 117 Å². The molecular formula is C55H72O6. The number of ether oxygens (including phenoxy) is 6. The summed E-state index contributed by atoms with van der Waals surface area (Å²) in [6.07, 6.45) is 18.3. The maximum atomic E-state index is 6.89. The summed E-state index contributed by atoms with van der Waals surface area (Å²) in [4.78, 5) is 0. The summed E-state index contributed by atoms with van der Waals surface area (Å²) in [5.41, 5.74) is 6.68.